The predicted octanol–water partition coefficient (Wildman–Crippen LogP) is 1.30. The molecule has 0 aliphatic carbocycles. The van der Waals surface area contributed by atoms with Gasteiger partial charge in [-0.3, -0.25) is 5.10 Å². The van der Waals surface area contributed by atoms with Crippen LogP contribution in [0.1, 0.15) is 0 Å². The van der Waals surface area contributed by atoms with Crippen molar-refractivity contribution >= 4 is 5.82 Å². The van der Waals surface area contributed by atoms with Crippen molar-refractivity contribution in [3.05, 3.63) is 24.5 Å². The van der Waals surface area contributed by atoms with Crippen LogP contribution in [0.5, 0.6) is 0 Å². The molecule has 3 aromatic rings. The maximum absolute atomic E-state index is 5.47. The lowest BCUT2D eigenvalue weighted by Crippen LogP contribution is -1.81. The topological polar surface area (TPSA) is 107 Å². The zero-order valence-corrected chi connectivity index (χ0v) is 8.04. The van der Waals surface area contributed by atoms with Gasteiger partial charge in [0.1, 0.15) is 11.5 Å². The molecular weight excluding hydrogens is 210 g/mol. The number of H-pyrrole nitrogens is 1. The van der Waals surface area contributed by atoms with Crippen LogP contribution in [0, 0.1) is 0 Å². The van der Waals surface area contributed by atoms with Crippen LogP contribution in [0.4, 0.5) is 5.82 Å². The van der Waals surface area contributed by atoms with Crippen molar-refractivity contribution in [1.82, 2.24) is 20.3 Å². The van der Waals surface area contributed by atoms with E-state index in [0.717, 1.165) is 0 Å². The number of nitrogens with two attached hydrogens (primary N) is 1. The first kappa shape index (κ1) is 8.72. The minimum Gasteiger partial charge on any atom is -0.461 e. The highest BCUT2D eigenvalue weighted by molar-refractivity contribution is 5.55. The van der Waals surface area contributed by atoms with Gasteiger partial charge in [-0.25, -0.2) is 0 Å². The second-order valence-corrected chi connectivity index (χ2v) is 3.11. The molecule has 0 aliphatic rings. The second kappa shape index (κ2) is 3.23. The number of nitrogens with zero attached hydrogens (tertiary/aromatic N) is 3. The van der Waals surface area contributed by atoms with Crippen molar-refractivity contribution in [2.45, 2.75) is 0 Å². The van der Waals surface area contributed by atoms with Gasteiger partial charge in [0, 0.05) is 6.07 Å². The summed E-state index contributed by atoms with van der Waals surface area (Å²) in [6.07, 6.45) is 1.54. The van der Waals surface area contributed by atoms with E-state index in [4.69, 9.17) is 14.7 Å². The van der Waals surface area contributed by atoms with E-state index in [-0.39, 0.29) is 0 Å². The third-order valence-electron chi connectivity index (χ3n) is 2.00. The molecule has 0 unspecified atom stereocenters. The standard InChI is InChI=1S/C9H7N5O2/c10-7-4-5(12-13-7)9-11-8(14-16-9)6-2-1-3-15-6/h1-4H,(H3,10,12,13). The fourth-order valence-electron chi connectivity index (χ4n) is 1.29. The Hall–Kier alpha value is -2.57. The van der Waals surface area contributed by atoms with Crippen LogP contribution in [-0.4, -0.2) is 20.3 Å². The molecule has 0 spiro atoms. The number of hydrogen-bond acceptors (Lipinski definition) is 6. The monoisotopic (exact) mass is 217 g/mol. The first-order valence-electron chi connectivity index (χ1n) is 4.52. The molecular formula is C9H7N5O2. The molecule has 0 radical (unpaired) electrons. The van der Waals surface area contributed by atoms with Gasteiger partial charge in [-0.05, 0) is 12.1 Å². The highest BCUT2D eigenvalue weighted by Crippen LogP contribution is 2.21. The summed E-state index contributed by atoms with van der Waals surface area (Å²) in [4.78, 5) is 4.14. The zero-order valence-electron chi connectivity index (χ0n) is 8.04. The maximum atomic E-state index is 5.47. The fraction of sp³-hybridized carbons (Fsp3) is 0. The lowest BCUT2D eigenvalue weighted by molar-refractivity contribution is 0.428. The van der Waals surface area contributed by atoms with Gasteiger partial charge in [-0.2, -0.15) is 10.1 Å². The molecule has 0 aliphatic heterocycles. The van der Waals surface area contributed by atoms with Gasteiger partial charge >= 0.3 is 0 Å². The number of nitrogen functional groups attached to an aromatic ring is 1. The van der Waals surface area contributed by atoms with Crippen molar-refractivity contribution in [2.75, 3.05) is 5.73 Å². The van der Waals surface area contributed by atoms with E-state index in [2.05, 4.69) is 20.3 Å². The Bertz CT molecular complexity index is 595. The highest BCUT2D eigenvalue weighted by atomic mass is 16.5. The Balaban J connectivity index is 2.00. The number of rotatable bonds is 2. The van der Waals surface area contributed by atoms with Crippen LogP contribution < -0.4 is 5.73 Å². The number of nitrogens with one attached hydrogen (secondary N) is 1. The molecule has 16 heavy (non-hydrogen) atoms. The van der Waals surface area contributed by atoms with Gasteiger partial charge in [0.05, 0.1) is 6.26 Å². The first-order valence-corrected chi connectivity index (χ1v) is 4.52. The lowest BCUT2D eigenvalue weighted by atomic mass is 10.4. The van der Waals surface area contributed by atoms with Crippen LogP contribution in [-0.2, 0) is 0 Å². The SMILES string of the molecule is Nc1cc(-c2nc(-c3ccco3)no2)[nH]n1. The van der Waals surface area contributed by atoms with Crippen LogP contribution in [0.2, 0.25) is 0 Å². The summed E-state index contributed by atoms with van der Waals surface area (Å²) in [5.74, 6) is 1.61. The molecule has 0 bridgehead atoms. The minimum absolute atomic E-state index is 0.315. The normalized spacial score (nSPS) is 10.8. The van der Waals surface area contributed by atoms with Crippen molar-refractivity contribution in [3.63, 3.8) is 0 Å². The molecule has 7 nitrogen and oxygen atoms in total. The Morgan fingerprint density at radius 3 is 3.00 bits per heavy atom. The smallest absolute Gasteiger partial charge is 0.276 e. The van der Waals surface area contributed by atoms with E-state index in [9.17, 15) is 0 Å². The molecule has 3 heterocycles. The number of anilines is 1. The third kappa shape index (κ3) is 1.34. The molecule has 3 aromatic heterocycles. The van der Waals surface area contributed by atoms with Crippen LogP contribution >= 0.6 is 0 Å². The molecule has 3 rings (SSSR count). The minimum atomic E-state index is 0.315. The van der Waals surface area contributed by atoms with Crippen molar-refractivity contribution in [3.8, 4) is 23.2 Å². The van der Waals surface area contributed by atoms with Gasteiger partial charge in [-0.15, -0.1) is 0 Å². The van der Waals surface area contributed by atoms with E-state index in [1.807, 2.05) is 0 Å². The van der Waals surface area contributed by atoms with Gasteiger partial charge in [0.15, 0.2) is 5.76 Å². The molecule has 0 saturated carbocycles. The quantitative estimate of drug-likeness (QED) is 0.669. The van der Waals surface area contributed by atoms with E-state index in [1.165, 1.54) is 0 Å². The number of aromatic nitrogens is 4. The third-order valence-corrected chi connectivity index (χ3v) is 2.00. The van der Waals surface area contributed by atoms with Crippen LogP contribution in [0.3, 0.4) is 0 Å². The highest BCUT2D eigenvalue weighted by Gasteiger charge is 2.13. The molecule has 0 atom stereocenters. The molecule has 7 heteroatoms. The summed E-state index contributed by atoms with van der Waals surface area (Å²) in [5.41, 5.74) is 6.04. The van der Waals surface area contributed by atoms with Gasteiger partial charge in [-0.1, -0.05) is 5.16 Å². The van der Waals surface area contributed by atoms with Crippen molar-refractivity contribution in [2.24, 2.45) is 0 Å². The second-order valence-electron chi connectivity index (χ2n) is 3.11. The summed E-state index contributed by atoms with van der Waals surface area (Å²) in [5, 5.41) is 10.2. The Labute approximate surface area is 89.3 Å². The van der Waals surface area contributed by atoms with Gasteiger partial charge < -0.3 is 14.7 Å². The first-order chi connectivity index (χ1) is 7.83. The van der Waals surface area contributed by atoms with Crippen LogP contribution in [0.15, 0.2) is 33.4 Å². The maximum Gasteiger partial charge on any atom is 0.276 e. The fourth-order valence-corrected chi connectivity index (χ4v) is 1.29. The zero-order chi connectivity index (χ0) is 11.0. The molecule has 0 fully saturated rings. The summed E-state index contributed by atoms with van der Waals surface area (Å²) < 4.78 is 10.2. The predicted molar refractivity (Wildman–Crippen MR) is 54.0 cm³/mol. The number of aromatic amines is 1. The lowest BCUT2D eigenvalue weighted by Gasteiger charge is -1.83. The van der Waals surface area contributed by atoms with E-state index >= 15 is 0 Å². The van der Waals surface area contributed by atoms with E-state index in [0.29, 0.717) is 29.0 Å². The molecule has 0 aromatic carbocycles. The number of furan rings is 1. The average Bonchev–Trinajstić information content (AvgIpc) is 2.97. The average molecular weight is 217 g/mol. The molecule has 3 N–H and O–H groups in total. The Morgan fingerprint density at radius 1 is 1.38 bits per heavy atom. The molecule has 0 amide bonds. The molecule has 0 saturated heterocycles. The largest absolute Gasteiger partial charge is 0.461 e. The van der Waals surface area contributed by atoms with Gasteiger partial charge in [0.25, 0.3) is 5.89 Å². The summed E-state index contributed by atoms with van der Waals surface area (Å²) >= 11 is 0. The van der Waals surface area contributed by atoms with E-state index < -0.39 is 0 Å². The molecule has 80 valence electrons. The van der Waals surface area contributed by atoms with Crippen molar-refractivity contribution < 1.29 is 8.94 Å². The Morgan fingerprint density at radius 2 is 2.31 bits per heavy atom. The van der Waals surface area contributed by atoms with E-state index in [1.54, 1.807) is 24.5 Å². The Kier molecular flexibility index (Phi) is 1.76. The summed E-state index contributed by atoms with van der Waals surface area (Å²) in [6.45, 7) is 0. The summed E-state index contributed by atoms with van der Waals surface area (Å²) in [7, 11) is 0. The van der Waals surface area contributed by atoms with Gasteiger partial charge in [0.2, 0.25) is 5.82 Å². The number of hydrogen-bond donors (Lipinski definition) is 2. The summed E-state index contributed by atoms with van der Waals surface area (Å²) in [6, 6.07) is 5.11. The van der Waals surface area contributed by atoms with Crippen LogP contribution in [0.25, 0.3) is 23.2 Å². The van der Waals surface area contributed by atoms with Crippen molar-refractivity contribution in [1.29, 1.82) is 0 Å².